The Kier molecular flexibility index (Phi) is 5.54. The Bertz CT molecular complexity index is 2470. The molecule has 0 saturated heterocycles. The summed E-state index contributed by atoms with van der Waals surface area (Å²) < 4.78 is 8.84. The zero-order chi connectivity index (χ0) is 29.0. The molecule has 2 nitrogen and oxygen atoms in total. The summed E-state index contributed by atoms with van der Waals surface area (Å²) in [4.78, 5) is 0. The molecule has 0 aliphatic carbocycles. The van der Waals surface area contributed by atoms with Gasteiger partial charge in [0.2, 0.25) is 0 Å². The van der Waals surface area contributed by atoms with Gasteiger partial charge in [0.05, 0.1) is 11.0 Å². The average Bonchev–Trinajstić information content (AvgIpc) is 3.64. The molecule has 44 heavy (non-hydrogen) atoms. The molecule has 0 aliphatic rings. The van der Waals surface area contributed by atoms with E-state index in [0.717, 1.165) is 38.8 Å². The van der Waals surface area contributed by atoms with Gasteiger partial charge in [0, 0.05) is 32.8 Å². The number of aromatic nitrogens is 1. The highest BCUT2D eigenvalue weighted by Crippen LogP contribution is 2.40. The summed E-state index contributed by atoms with van der Waals surface area (Å²) in [7, 11) is 0. The lowest BCUT2D eigenvalue weighted by molar-refractivity contribution is 0.670. The van der Waals surface area contributed by atoms with Gasteiger partial charge in [-0.1, -0.05) is 127 Å². The largest absolute Gasteiger partial charge is 0.455 e. The van der Waals surface area contributed by atoms with Gasteiger partial charge in [-0.2, -0.15) is 0 Å². The molecule has 0 fully saturated rings. The first kappa shape index (κ1) is 24.7. The summed E-state index contributed by atoms with van der Waals surface area (Å²) in [5, 5.41) is 4.75. The van der Waals surface area contributed by atoms with Gasteiger partial charge >= 0.3 is 0 Å². The van der Waals surface area contributed by atoms with Gasteiger partial charge in [-0.3, -0.25) is 0 Å². The van der Waals surface area contributed by atoms with Crippen molar-refractivity contribution in [2.45, 2.75) is 0 Å². The molecule has 2 aromatic heterocycles. The SMILES string of the molecule is c1ccc(-c2ccc(-n3c4ccc(-c5ccccc5)cc4c4ccc(-c5cccc6c5oc5ccccc56)cc43)cc2)cc1. The molecule has 0 atom stereocenters. The van der Waals surface area contributed by atoms with Crippen LogP contribution in [0.4, 0.5) is 0 Å². The highest BCUT2D eigenvalue weighted by molar-refractivity contribution is 6.13. The fraction of sp³-hybridized carbons (Fsp3) is 0. The fourth-order valence-electron chi connectivity index (χ4n) is 6.68. The highest BCUT2D eigenvalue weighted by atomic mass is 16.3. The van der Waals surface area contributed by atoms with Gasteiger partial charge in [-0.05, 0) is 64.2 Å². The van der Waals surface area contributed by atoms with Crippen molar-refractivity contribution in [3.8, 4) is 39.1 Å². The van der Waals surface area contributed by atoms with Crippen molar-refractivity contribution in [3.63, 3.8) is 0 Å². The van der Waals surface area contributed by atoms with E-state index >= 15 is 0 Å². The molecule has 0 aliphatic heterocycles. The van der Waals surface area contributed by atoms with Crippen LogP contribution in [0.1, 0.15) is 0 Å². The van der Waals surface area contributed by atoms with Crippen molar-refractivity contribution in [2.24, 2.45) is 0 Å². The van der Waals surface area contributed by atoms with Crippen LogP contribution in [0.5, 0.6) is 0 Å². The Morgan fingerprint density at radius 1 is 0.364 bits per heavy atom. The first-order valence-electron chi connectivity index (χ1n) is 15.0. The van der Waals surface area contributed by atoms with Gasteiger partial charge < -0.3 is 8.98 Å². The second-order valence-electron chi connectivity index (χ2n) is 11.4. The van der Waals surface area contributed by atoms with Crippen LogP contribution in [-0.2, 0) is 0 Å². The summed E-state index contributed by atoms with van der Waals surface area (Å²) in [6, 6.07) is 58.5. The van der Waals surface area contributed by atoms with Gasteiger partial charge in [0.1, 0.15) is 11.2 Å². The maximum Gasteiger partial charge on any atom is 0.143 e. The number of nitrogens with zero attached hydrogens (tertiary/aromatic N) is 1. The van der Waals surface area contributed by atoms with Crippen LogP contribution in [0.25, 0.3) is 82.8 Å². The van der Waals surface area contributed by atoms with Crippen LogP contribution >= 0.6 is 0 Å². The van der Waals surface area contributed by atoms with Crippen molar-refractivity contribution in [3.05, 3.63) is 164 Å². The van der Waals surface area contributed by atoms with E-state index in [1.165, 1.54) is 44.1 Å². The first-order chi connectivity index (χ1) is 21.8. The Balaban J connectivity index is 1.28. The predicted octanol–water partition coefficient (Wildman–Crippen LogP) is 11.7. The van der Waals surface area contributed by atoms with E-state index in [-0.39, 0.29) is 0 Å². The zero-order valence-corrected chi connectivity index (χ0v) is 23.9. The number of rotatable bonds is 4. The van der Waals surface area contributed by atoms with E-state index in [1.807, 2.05) is 12.1 Å². The lowest BCUT2D eigenvalue weighted by Crippen LogP contribution is -1.94. The summed E-state index contributed by atoms with van der Waals surface area (Å²) >= 11 is 0. The van der Waals surface area contributed by atoms with Crippen LogP contribution in [0.15, 0.2) is 168 Å². The molecule has 0 amide bonds. The van der Waals surface area contributed by atoms with E-state index in [1.54, 1.807) is 0 Å². The minimum Gasteiger partial charge on any atom is -0.455 e. The minimum absolute atomic E-state index is 0.914. The Hall–Kier alpha value is -5.86. The van der Waals surface area contributed by atoms with Crippen molar-refractivity contribution in [1.29, 1.82) is 0 Å². The molecule has 2 heteroatoms. The Morgan fingerprint density at radius 2 is 1.00 bits per heavy atom. The molecule has 9 rings (SSSR count). The third-order valence-corrected chi connectivity index (χ3v) is 8.82. The Morgan fingerprint density at radius 3 is 1.80 bits per heavy atom. The monoisotopic (exact) mass is 561 g/mol. The molecule has 0 N–H and O–H groups in total. The lowest BCUT2D eigenvalue weighted by atomic mass is 10.00. The van der Waals surface area contributed by atoms with E-state index in [2.05, 4.69) is 156 Å². The smallest absolute Gasteiger partial charge is 0.143 e. The fourth-order valence-corrected chi connectivity index (χ4v) is 6.68. The molecule has 0 saturated carbocycles. The maximum atomic E-state index is 6.44. The van der Waals surface area contributed by atoms with E-state index < -0.39 is 0 Å². The normalized spacial score (nSPS) is 11.6. The van der Waals surface area contributed by atoms with Crippen molar-refractivity contribution < 1.29 is 4.42 Å². The van der Waals surface area contributed by atoms with Gasteiger partial charge in [-0.15, -0.1) is 0 Å². The van der Waals surface area contributed by atoms with Crippen molar-refractivity contribution in [2.75, 3.05) is 0 Å². The molecular formula is C42H27NO. The van der Waals surface area contributed by atoms with Gasteiger partial charge in [0.15, 0.2) is 0 Å². The standard InChI is InChI=1S/C42H27NO/c1-3-10-28(11-4-1)30-18-22-33(23-19-30)43-39-25-21-31(29-12-5-2-6-13-29)26-38(39)35-24-20-32(27-40(35)43)34-15-9-16-37-36-14-7-8-17-41(36)44-42(34)37/h1-27H. The minimum atomic E-state index is 0.914. The summed E-state index contributed by atoms with van der Waals surface area (Å²) in [5.74, 6) is 0. The Labute approximate surface area is 255 Å². The molecule has 0 bridgehead atoms. The predicted molar refractivity (Wildman–Crippen MR) is 184 cm³/mol. The molecular weight excluding hydrogens is 534 g/mol. The summed E-state index contributed by atoms with van der Waals surface area (Å²) in [6.07, 6.45) is 0. The van der Waals surface area contributed by atoms with Crippen molar-refractivity contribution >= 4 is 43.7 Å². The number of hydrogen-bond donors (Lipinski definition) is 0. The van der Waals surface area contributed by atoms with Crippen LogP contribution < -0.4 is 0 Å². The highest BCUT2D eigenvalue weighted by Gasteiger charge is 2.17. The third kappa shape index (κ3) is 3.89. The van der Waals surface area contributed by atoms with Crippen LogP contribution in [0, 0.1) is 0 Å². The molecule has 0 spiro atoms. The molecule has 206 valence electrons. The van der Waals surface area contributed by atoms with E-state index in [0.29, 0.717) is 0 Å². The summed E-state index contributed by atoms with van der Waals surface area (Å²) in [5.41, 5.74) is 12.4. The number of fused-ring (bicyclic) bond motifs is 6. The molecule has 7 aromatic carbocycles. The molecule has 0 radical (unpaired) electrons. The quantitative estimate of drug-likeness (QED) is 0.209. The number of furan rings is 1. The third-order valence-electron chi connectivity index (χ3n) is 8.82. The zero-order valence-electron chi connectivity index (χ0n) is 23.9. The second-order valence-corrected chi connectivity index (χ2v) is 11.4. The van der Waals surface area contributed by atoms with Gasteiger partial charge in [-0.25, -0.2) is 0 Å². The topological polar surface area (TPSA) is 18.1 Å². The average molecular weight is 562 g/mol. The first-order valence-corrected chi connectivity index (χ1v) is 15.0. The molecule has 2 heterocycles. The van der Waals surface area contributed by atoms with Crippen LogP contribution in [-0.4, -0.2) is 4.57 Å². The maximum absolute atomic E-state index is 6.44. The number of para-hydroxylation sites is 2. The van der Waals surface area contributed by atoms with E-state index in [9.17, 15) is 0 Å². The molecule has 9 aromatic rings. The number of benzene rings is 7. The van der Waals surface area contributed by atoms with E-state index in [4.69, 9.17) is 4.42 Å². The van der Waals surface area contributed by atoms with Crippen LogP contribution in [0.2, 0.25) is 0 Å². The summed E-state index contributed by atoms with van der Waals surface area (Å²) in [6.45, 7) is 0. The number of hydrogen-bond acceptors (Lipinski definition) is 1. The van der Waals surface area contributed by atoms with Crippen molar-refractivity contribution in [1.82, 2.24) is 4.57 Å². The van der Waals surface area contributed by atoms with Crippen LogP contribution in [0.3, 0.4) is 0 Å². The lowest BCUT2D eigenvalue weighted by Gasteiger charge is -2.11. The van der Waals surface area contributed by atoms with Gasteiger partial charge in [0.25, 0.3) is 0 Å². The molecule has 0 unspecified atom stereocenters. The second kappa shape index (κ2) is 9.86.